The molecule has 0 radical (unpaired) electrons. The number of hydrogen-bond acceptors (Lipinski definition) is 4. The molecule has 7 heteroatoms. The zero-order valence-corrected chi connectivity index (χ0v) is 13.0. The minimum Gasteiger partial charge on any atom is -0.338 e. The monoisotopic (exact) mass is 291 g/mol. The van der Waals surface area contributed by atoms with Crippen molar-refractivity contribution in [3.05, 3.63) is 0 Å². The largest absolute Gasteiger partial charge is 0.338 e. The standard InChI is InChI=1S/C12H25N3O3S/c1-5-6-12(3,13)11(16)14-7-8-15(10(2)9-14)19(4,17)18/h10H,5-9,13H2,1-4H3/t10-,12?/m0/s1. The molecule has 0 aromatic heterocycles. The lowest BCUT2D eigenvalue weighted by atomic mass is 9.95. The molecule has 2 N–H and O–H groups in total. The summed E-state index contributed by atoms with van der Waals surface area (Å²) in [6.45, 7) is 6.70. The minimum absolute atomic E-state index is 0.0886. The first-order chi connectivity index (χ1) is 8.59. The van der Waals surface area contributed by atoms with Gasteiger partial charge in [-0.05, 0) is 20.3 Å². The Morgan fingerprint density at radius 1 is 1.42 bits per heavy atom. The summed E-state index contributed by atoms with van der Waals surface area (Å²) in [5, 5.41) is 0. The van der Waals surface area contributed by atoms with Crippen molar-refractivity contribution in [3.8, 4) is 0 Å². The lowest BCUT2D eigenvalue weighted by Crippen LogP contribution is -2.61. The Morgan fingerprint density at radius 3 is 2.42 bits per heavy atom. The van der Waals surface area contributed by atoms with Crippen LogP contribution in [0, 0.1) is 0 Å². The van der Waals surface area contributed by atoms with E-state index < -0.39 is 15.6 Å². The number of carbonyl (C=O) groups excluding carboxylic acids is 1. The van der Waals surface area contributed by atoms with Crippen molar-refractivity contribution in [1.82, 2.24) is 9.21 Å². The van der Waals surface area contributed by atoms with Crippen molar-refractivity contribution >= 4 is 15.9 Å². The van der Waals surface area contributed by atoms with Gasteiger partial charge in [0.05, 0.1) is 11.8 Å². The van der Waals surface area contributed by atoms with Crippen LogP contribution in [0.5, 0.6) is 0 Å². The van der Waals surface area contributed by atoms with Gasteiger partial charge in [-0.1, -0.05) is 13.3 Å². The zero-order chi connectivity index (χ0) is 14.8. The minimum atomic E-state index is -3.21. The molecule has 1 fully saturated rings. The van der Waals surface area contributed by atoms with E-state index >= 15 is 0 Å². The number of amides is 1. The molecule has 1 unspecified atom stereocenters. The Balaban J connectivity index is 2.74. The van der Waals surface area contributed by atoms with Gasteiger partial charge in [0.15, 0.2) is 0 Å². The molecule has 0 spiro atoms. The van der Waals surface area contributed by atoms with Crippen LogP contribution in [-0.4, -0.2) is 61.0 Å². The van der Waals surface area contributed by atoms with Gasteiger partial charge in [0.1, 0.15) is 0 Å². The van der Waals surface area contributed by atoms with Crippen molar-refractivity contribution in [2.75, 3.05) is 25.9 Å². The van der Waals surface area contributed by atoms with Gasteiger partial charge in [-0.25, -0.2) is 8.42 Å². The number of nitrogens with two attached hydrogens (primary N) is 1. The van der Waals surface area contributed by atoms with Crippen LogP contribution in [-0.2, 0) is 14.8 Å². The lowest BCUT2D eigenvalue weighted by molar-refractivity contribution is -0.138. The summed E-state index contributed by atoms with van der Waals surface area (Å²) >= 11 is 0. The van der Waals surface area contributed by atoms with Crippen LogP contribution in [0.2, 0.25) is 0 Å². The maximum atomic E-state index is 12.3. The third-order valence-corrected chi connectivity index (χ3v) is 4.93. The smallest absolute Gasteiger partial charge is 0.242 e. The molecule has 0 bridgehead atoms. The zero-order valence-electron chi connectivity index (χ0n) is 12.2. The molecular weight excluding hydrogens is 266 g/mol. The third kappa shape index (κ3) is 3.90. The Bertz CT molecular complexity index is 434. The van der Waals surface area contributed by atoms with E-state index in [1.165, 1.54) is 10.6 Å². The number of nitrogens with zero attached hydrogens (tertiary/aromatic N) is 2. The summed E-state index contributed by atoms with van der Waals surface area (Å²) in [5.41, 5.74) is 5.19. The van der Waals surface area contributed by atoms with Gasteiger partial charge in [0.2, 0.25) is 15.9 Å². The molecular formula is C12H25N3O3S. The molecule has 0 aromatic carbocycles. The highest BCUT2D eigenvalue weighted by molar-refractivity contribution is 7.88. The molecule has 1 amide bonds. The van der Waals surface area contributed by atoms with E-state index in [9.17, 15) is 13.2 Å². The van der Waals surface area contributed by atoms with Crippen LogP contribution >= 0.6 is 0 Å². The molecule has 19 heavy (non-hydrogen) atoms. The molecule has 0 aliphatic carbocycles. The number of hydrogen-bond donors (Lipinski definition) is 1. The van der Waals surface area contributed by atoms with Crippen LogP contribution in [0.15, 0.2) is 0 Å². The van der Waals surface area contributed by atoms with Gasteiger partial charge in [-0.3, -0.25) is 4.79 Å². The fourth-order valence-corrected chi connectivity index (χ4v) is 3.74. The summed E-state index contributed by atoms with van der Waals surface area (Å²) in [6.07, 6.45) is 2.68. The molecule has 1 aliphatic rings. The van der Waals surface area contributed by atoms with Gasteiger partial charge in [0, 0.05) is 25.7 Å². The SMILES string of the molecule is CCCC(C)(N)C(=O)N1CCN(S(C)(=O)=O)[C@@H](C)C1. The number of carbonyl (C=O) groups is 1. The van der Waals surface area contributed by atoms with Crippen molar-refractivity contribution in [1.29, 1.82) is 0 Å². The predicted molar refractivity (Wildman–Crippen MR) is 75.1 cm³/mol. The highest BCUT2D eigenvalue weighted by Gasteiger charge is 2.37. The van der Waals surface area contributed by atoms with Gasteiger partial charge in [-0.2, -0.15) is 4.31 Å². The van der Waals surface area contributed by atoms with E-state index in [0.29, 0.717) is 26.1 Å². The second-order valence-electron chi connectivity index (χ2n) is 5.64. The third-order valence-electron chi connectivity index (χ3n) is 3.54. The van der Waals surface area contributed by atoms with Crippen LogP contribution in [0.1, 0.15) is 33.6 Å². The first kappa shape index (κ1) is 16.4. The second-order valence-corrected chi connectivity index (χ2v) is 7.58. The fraction of sp³-hybridized carbons (Fsp3) is 0.917. The maximum absolute atomic E-state index is 12.3. The molecule has 0 aromatic rings. The van der Waals surface area contributed by atoms with Crippen molar-refractivity contribution in [2.24, 2.45) is 5.73 Å². The average Bonchev–Trinajstić information content (AvgIpc) is 2.26. The Labute approximate surface area is 116 Å². The summed E-state index contributed by atoms with van der Waals surface area (Å²) in [4.78, 5) is 14.0. The second kappa shape index (κ2) is 5.76. The first-order valence-corrected chi connectivity index (χ1v) is 8.49. The molecule has 112 valence electrons. The summed E-state index contributed by atoms with van der Waals surface area (Å²) < 4.78 is 24.6. The molecule has 1 rings (SSSR count). The molecule has 0 saturated carbocycles. The predicted octanol–water partition coefficient (Wildman–Crippen LogP) is -0.00380. The summed E-state index contributed by atoms with van der Waals surface area (Å²) in [5.74, 6) is -0.0886. The van der Waals surface area contributed by atoms with E-state index in [-0.39, 0.29) is 11.9 Å². The van der Waals surface area contributed by atoms with Crippen molar-refractivity contribution in [3.63, 3.8) is 0 Å². The van der Waals surface area contributed by atoms with Crippen LogP contribution in [0.3, 0.4) is 0 Å². The van der Waals surface area contributed by atoms with E-state index in [0.717, 1.165) is 6.42 Å². The molecule has 6 nitrogen and oxygen atoms in total. The molecule has 1 saturated heterocycles. The quantitative estimate of drug-likeness (QED) is 0.790. The number of sulfonamides is 1. The summed E-state index contributed by atoms with van der Waals surface area (Å²) in [6, 6.07) is -0.204. The molecule has 2 atom stereocenters. The normalized spacial score (nSPS) is 25.1. The van der Waals surface area contributed by atoms with Crippen LogP contribution in [0.25, 0.3) is 0 Å². The van der Waals surface area contributed by atoms with Crippen LogP contribution in [0.4, 0.5) is 0 Å². The lowest BCUT2D eigenvalue weighted by Gasteiger charge is -2.41. The van der Waals surface area contributed by atoms with Gasteiger partial charge >= 0.3 is 0 Å². The Hall–Kier alpha value is -0.660. The van der Waals surface area contributed by atoms with Crippen molar-refractivity contribution in [2.45, 2.75) is 45.2 Å². The highest BCUT2D eigenvalue weighted by atomic mass is 32.2. The van der Waals surface area contributed by atoms with Crippen molar-refractivity contribution < 1.29 is 13.2 Å². The molecule has 1 heterocycles. The fourth-order valence-electron chi connectivity index (χ4n) is 2.61. The Morgan fingerprint density at radius 2 is 2.00 bits per heavy atom. The Kier molecular flexibility index (Phi) is 4.97. The van der Waals surface area contributed by atoms with Gasteiger partial charge < -0.3 is 10.6 Å². The topological polar surface area (TPSA) is 83.7 Å². The maximum Gasteiger partial charge on any atom is 0.242 e. The number of rotatable bonds is 4. The summed E-state index contributed by atoms with van der Waals surface area (Å²) in [7, 11) is -3.21. The van der Waals surface area contributed by atoms with E-state index in [4.69, 9.17) is 5.73 Å². The van der Waals surface area contributed by atoms with Gasteiger partial charge in [0.25, 0.3) is 0 Å². The number of piperazine rings is 1. The van der Waals surface area contributed by atoms with Crippen LogP contribution < -0.4 is 5.73 Å². The highest BCUT2D eigenvalue weighted by Crippen LogP contribution is 2.18. The van der Waals surface area contributed by atoms with E-state index in [1.807, 2.05) is 13.8 Å². The first-order valence-electron chi connectivity index (χ1n) is 6.64. The average molecular weight is 291 g/mol. The van der Waals surface area contributed by atoms with E-state index in [2.05, 4.69) is 0 Å². The molecule has 1 aliphatic heterocycles. The van der Waals surface area contributed by atoms with Gasteiger partial charge in [-0.15, -0.1) is 0 Å². The van der Waals surface area contributed by atoms with E-state index in [1.54, 1.807) is 11.8 Å².